The Hall–Kier alpha value is -0.660. The second-order valence-electron chi connectivity index (χ2n) is 4.23. The van der Waals surface area contributed by atoms with Crippen LogP contribution in [0.1, 0.15) is 65.2 Å². The SMILES string of the molecule is CCCCCCC(=O)CC(CC)CC=O. The van der Waals surface area contributed by atoms with Crippen LogP contribution in [0.3, 0.4) is 0 Å². The largest absolute Gasteiger partial charge is 0.303 e. The van der Waals surface area contributed by atoms with E-state index in [0.717, 1.165) is 25.5 Å². The number of hydrogen-bond acceptors (Lipinski definition) is 2. The van der Waals surface area contributed by atoms with Crippen molar-refractivity contribution in [3.05, 3.63) is 0 Å². The number of ketones is 1. The minimum Gasteiger partial charge on any atom is -0.303 e. The summed E-state index contributed by atoms with van der Waals surface area (Å²) < 4.78 is 0. The van der Waals surface area contributed by atoms with Crippen molar-refractivity contribution in [2.75, 3.05) is 0 Å². The Morgan fingerprint density at radius 3 is 2.47 bits per heavy atom. The maximum atomic E-state index is 11.5. The van der Waals surface area contributed by atoms with Gasteiger partial charge in [0.25, 0.3) is 0 Å². The Morgan fingerprint density at radius 2 is 1.93 bits per heavy atom. The molecule has 0 amide bonds. The molecular weight excluding hydrogens is 188 g/mol. The molecule has 0 heterocycles. The minimum absolute atomic E-state index is 0.279. The first-order chi connectivity index (χ1) is 7.24. The van der Waals surface area contributed by atoms with Gasteiger partial charge in [-0.3, -0.25) is 4.79 Å². The maximum absolute atomic E-state index is 11.5. The van der Waals surface area contributed by atoms with Gasteiger partial charge in [0, 0.05) is 19.3 Å². The van der Waals surface area contributed by atoms with Gasteiger partial charge < -0.3 is 4.79 Å². The van der Waals surface area contributed by atoms with Crippen LogP contribution < -0.4 is 0 Å². The van der Waals surface area contributed by atoms with Crippen LogP contribution in [0.5, 0.6) is 0 Å². The fourth-order valence-corrected chi connectivity index (χ4v) is 1.70. The molecule has 0 spiro atoms. The van der Waals surface area contributed by atoms with Crippen molar-refractivity contribution in [3.63, 3.8) is 0 Å². The van der Waals surface area contributed by atoms with Crippen LogP contribution in [0.2, 0.25) is 0 Å². The average Bonchev–Trinajstić information content (AvgIpc) is 2.24. The highest BCUT2D eigenvalue weighted by Crippen LogP contribution is 2.14. The van der Waals surface area contributed by atoms with Crippen LogP contribution in [0, 0.1) is 5.92 Å². The van der Waals surface area contributed by atoms with Crippen molar-refractivity contribution in [2.45, 2.75) is 65.2 Å². The number of hydrogen-bond donors (Lipinski definition) is 0. The van der Waals surface area contributed by atoms with E-state index in [1.165, 1.54) is 12.8 Å². The maximum Gasteiger partial charge on any atom is 0.133 e. The third kappa shape index (κ3) is 8.34. The summed E-state index contributed by atoms with van der Waals surface area (Å²) in [5.41, 5.74) is 0. The topological polar surface area (TPSA) is 34.1 Å². The van der Waals surface area contributed by atoms with Gasteiger partial charge in [0.1, 0.15) is 12.1 Å². The summed E-state index contributed by atoms with van der Waals surface area (Å²) in [5.74, 6) is 0.612. The van der Waals surface area contributed by atoms with Gasteiger partial charge in [-0.05, 0) is 12.3 Å². The average molecular weight is 212 g/mol. The van der Waals surface area contributed by atoms with Gasteiger partial charge in [-0.2, -0.15) is 0 Å². The molecule has 0 fully saturated rings. The number of unbranched alkanes of at least 4 members (excludes halogenated alkanes) is 3. The molecule has 0 aromatic rings. The molecule has 0 saturated carbocycles. The van der Waals surface area contributed by atoms with Gasteiger partial charge in [0.15, 0.2) is 0 Å². The van der Waals surface area contributed by atoms with Crippen LogP contribution in [-0.2, 0) is 9.59 Å². The molecule has 0 aromatic carbocycles. The lowest BCUT2D eigenvalue weighted by atomic mass is 9.94. The van der Waals surface area contributed by atoms with Gasteiger partial charge in [-0.15, -0.1) is 0 Å². The molecule has 1 unspecified atom stereocenters. The molecule has 2 nitrogen and oxygen atoms in total. The van der Waals surface area contributed by atoms with Crippen molar-refractivity contribution >= 4 is 12.1 Å². The van der Waals surface area contributed by atoms with Gasteiger partial charge >= 0.3 is 0 Å². The highest BCUT2D eigenvalue weighted by molar-refractivity contribution is 5.78. The van der Waals surface area contributed by atoms with Crippen molar-refractivity contribution in [2.24, 2.45) is 5.92 Å². The van der Waals surface area contributed by atoms with E-state index in [2.05, 4.69) is 6.92 Å². The molecule has 0 aromatic heterocycles. The molecule has 0 N–H and O–H groups in total. The first kappa shape index (κ1) is 14.3. The molecule has 0 bridgehead atoms. The Balaban J connectivity index is 3.57. The van der Waals surface area contributed by atoms with E-state index in [-0.39, 0.29) is 5.92 Å². The normalized spacial score (nSPS) is 12.4. The van der Waals surface area contributed by atoms with Crippen molar-refractivity contribution < 1.29 is 9.59 Å². The summed E-state index contributed by atoms with van der Waals surface area (Å²) >= 11 is 0. The van der Waals surface area contributed by atoms with E-state index in [9.17, 15) is 9.59 Å². The molecule has 0 aliphatic heterocycles. The first-order valence-electron chi connectivity index (χ1n) is 6.19. The van der Waals surface area contributed by atoms with Crippen molar-refractivity contribution in [1.82, 2.24) is 0 Å². The smallest absolute Gasteiger partial charge is 0.133 e. The number of carbonyl (C=O) groups is 2. The molecular formula is C13H24O2. The Kier molecular flexibility index (Phi) is 9.44. The van der Waals surface area contributed by atoms with E-state index < -0.39 is 0 Å². The van der Waals surface area contributed by atoms with E-state index in [4.69, 9.17) is 0 Å². The number of aldehydes is 1. The lowest BCUT2D eigenvalue weighted by Gasteiger charge is -2.09. The zero-order valence-electron chi connectivity index (χ0n) is 10.1. The second kappa shape index (κ2) is 9.88. The third-order valence-electron chi connectivity index (χ3n) is 2.83. The van der Waals surface area contributed by atoms with Crippen molar-refractivity contribution in [1.29, 1.82) is 0 Å². The number of Topliss-reactive ketones (excluding diaryl/α,β-unsaturated/α-hetero) is 1. The quantitative estimate of drug-likeness (QED) is 0.410. The van der Waals surface area contributed by atoms with Gasteiger partial charge in [-0.1, -0.05) is 39.5 Å². The summed E-state index contributed by atoms with van der Waals surface area (Å²) in [6.45, 7) is 4.21. The summed E-state index contributed by atoms with van der Waals surface area (Å²) in [7, 11) is 0. The van der Waals surface area contributed by atoms with Crippen LogP contribution >= 0.6 is 0 Å². The summed E-state index contributed by atoms with van der Waals surface area (Å²) in [6.07, 6.45) is 8.30. The summed E-state index contributed by atoms with van der Waals surface area (Å²) in [4.78, 5) is 21.9. The van der Waals surface area contributed by atoms with Crippen LogP contribution in [0.25, 0.3) is 0 Å². The van der Waals surface area contributed by atoms with Gasteiger partial charge in [0.05, 0.1) is 0 Å². The predicted octanol–water partition coefficient (Wildman–Crippen LogP) is 3.53. The number of rotatable bonds is 10. The Labute approximate surface area is 93.4 Å². The molecule has 0 rings (SSSR count). The zero-order chi connectivity index (χ0) is 11.5. The first-order valence-corrected chi connectivity index (χ1v) is 6.19. The standard InChI is InChI=1S/C13H24O2/c1-3-5-6-7-8-13(15)11-12(4-2)9-10-14/h10,12H,3-9,11H2,1-2H3. The van der Waals surface area contributed by atoms with Gasteiger partial charge in [0.2, 0.25) is 0 Å². The third-order valence-corrected chi connectivity index (χ3v) is 2.83. The molecule has 0 aliphatic rings. The molecule has 2 heteroatoms. The zero-order valence-corrected chi connectivity index (χ0v) is 10.1. The fourth-order valence-electron chi connectivity index (χ4n) is 1.70. The molecule has 15 heavy (non-hydrogen) atoms. The highest BCUT2D eigenvalue weighted by Gasteiger charge is 2.11. The van der Waals surface area contributed by atoms with Crippen LogP contribution in [0.15, 0.2) is 0 Å². The molecule has 0 saturated heterocycles. The van der Waals surface area contributed by atoms with Crippen molar-refractivity contribution in [3.8, 4) is 0 Å². The molecule has 0 radical (unpaired) electrons. The lowest BCUT2D eigenvalue weighted by Crippen LogP contribution is -2.08. The second-order valence-corrected chi connectivity index (χ2v) is 4.23. The van der Waals surface area contributed by atoms with E-state index in [1.54, 1.807) is 0 Å². The fraction of sp³-hybridized carbons (Fsp3) is 0.846. The molecule has 1 atom stereocenters. The van der Waals surface area contributed by atoms with E-state index >= 15 is 0 Å². The van der Waals surface area contributed by atoms with Crippen LogP contribution in [-0.4, -0.2) is 12.1 Å². The Morgan fingerprint density at radius 1 is 1.20 bits per heavy atom. The Bertz CT molecular complexity index is 175. The van der Waals surface area contributed by atoms with Crippen LogP contribution in [0.4, 0.5) is 0 Å². The van der Waals surface area contributed by atoms with Gasteiger partial charge in [-0.25, -0.2) is 0 Å². The summed E-state index contributed by atoms with van der Waals surface area (Å²) in [5, 5.41) is 0. The summed E-state index contributed by atoms with van der Waals surface area (Å²) in [6, 6.07) is 0. The predicted molar refractivity (Wildman–Crippen MR) is 62.8 cm³/mol. The lowest BCUT2D eigenvalue weighted by molar-refractivity contribution is -0.120. The minimum atomic E-state index is 0.279. The number of carbonyl (C=O) groups excluding carboxylic acids is 2. The highest BCUT2D eigenvalue weighted by atomic mass is 16.1. The monoisotopic (exact) mass is 212 g/mol. The van der Waals surface area contributed by atoms with E-state index in [1.807, 2.05) is 6.92 Å². The van der Waals surface area contributed by atoms with E-state index in [0.29, 0.717) is 25.0 Å². The molecule has 88 valence electrons. The molecule has 0 aliphatic carbocycles.